The van der Waals surface area contributed by atoms with Gasteiger partial charge >= 0.3 is 0 Å². The summed E-state index contributed by atoms with van der Waals surface area (Å²) in [6, 6.07) is 19.4. The van der Waals surface area contributed by atoms with Crippen LogP contribution in [0.25, 0.3) is 0 Å². The average Bonchev–Trinajstić information content (AvgIpc) is 2.88. The number of carbonyl (C=O) groups excluding carboxylic acids is 2. The minimum Gasteiger partial charge on any atom is -0.367 e. The van der Waals surface area contributed by atoms with Crippen molar-refractivity contribution in [2.24, 2.45) is 0 Å². The maximum Gasteiger partial charge on any atom is 0.256 e. The van der Waals surface area contributed by atoms with Crippen molar-refractivity contribution in [2.75, 3.05) is 19.4 Å². The van der Waals surface area contributed by atoms with Crippen LogP contribution in [0.2, 0.25) is 0 Å². The Kier molecular flexibility index (Phi) is 7.98. The van der Waals surface area contributed by atoms with Crippen molar-refractivity contribution in [3.63, 3.8) is 0 Å². The minimum atomic E-state index is -0.623. The molecule has 0 radical (unpaired) electrons. The number of rotatable bonds is 8. The molecule has 176 valence electrons. The zero-order valence-corrected chi connectivity index (χ0v) is 20.3. The van der Waals surface area contributed by atoms with E-state index in [2.05, 4.69) is 10.3 Å². The molecule has 3 aromatic rings. The number of pyridine rings is 1. The molecule has 2 heterocycles. The number of nitrogens with one attached hydrogen (secondary N) is 1. The molecule has 2 aromatic carbocycles. The molecule has 4 rings (SSSR count). The monoisotopic (exact) mass is 475 g/mol. The summed E-state index contributed by atoms with van der Waals surface area (Å²) in [6.07, 6.45) is 1.95. The summed E-state index contributed by atoms with van der Waals surface area (Å²) in [4.78, 5) is 33.1. The molecular weight excluding hydrogens is 446 g/mol. The van der Waals surface area contributed by atoms with Crippen LogP contribution in [-0.4, -0.2) is 41.1 Å². The van der Waals surface area contributed by atoms with Crippen LogP contribution >= 0.6 is 11.8 Å². The first-order valence-electron chi connectivity index (χ1n) is 11.3. The van der Waals surface area contributed by atoms with E-state index in [1.807, 2.05) is 78.7 Å². The van der Waals surface area contributed by atoms with E-state index in [0.717, 1.165) is 33.7 Å². The van der Waals surface area contributed by atoms with Gasteiger partial charge in [0.05, 0.1) is 5.75 Å². The summed E-state index contributed by atoms with van der Waals surface area (Å²) in [5, 5.41) is 3.04. The molecule has 1 aliphatic heterocycles. The molecule has 0 spiro atoms. The second kappa shape index (κ2) is 11.3. The minimum absolute atomic E-state index is 0.00994. The Balaban J connectivity index is 1.41. The Hall–Kier alpha value is -3.16. The summed E-state index contributed by atoms with van der Waals surface area (Å²) in [7, 11) is 1.56. The summed E-state index contributed by atoms with van der Waals surface area (Å²) >= 11 is 1.52. The van der Waals surface area contributed by atoms with Crippen molar-refractivity contribution in [3.05, 3.63) is 94.8 Å². The molecule has 1 atom stereocenters. The number of aromatic nitrogens is 1. The van der Waals surface area contributed by atoms with Crippen LogP contribution in [0.3, 0.4) is 0 Å². The molecular formula is C27H29N3O3S. The van der Waals surface area contributed by atoms with E-state index >= 15 is 0 Å². The molecule has 0 saturated heterocycles. The van der Waals surface area contributed by atoms with E-state index in [0.29, 0.717) is 25.4 Å². The van der Waals surface area contributed by atoms with Crippen molar-refractivity contribution >= 4 is 23.6 Å². The van der Waals surface area contributed by atoms with E-state index in [1.54, 1.807) is 7.11 Å². The van der Waals surface area contributed by atoms with Crippen LogP contribution in [0.15, 0.2) is 71.8 Å². The second-order valence-electron chi connectivity index (χ2n) is 8.24. The number of amides is 2. The molecule has 0 unspecified atom stereocenters. The fourth-order valence-corrected chi connectivity index (χ4v) is 4.97. The SMILES string of the molecule is CO[C@@H](C(=O)N1CCc2c(cnc(C)c2CNC(=O)CSc2ccccc2)C1)c1ccccc1. The van der Waals surface area contributed by atoms with Crippen molar-refractivity contribution in [1.29, 1.82) is 0 Å². The highest BCUT2D eigenvalue weighted by Crippen LogP contribution is 2.27. The van der Waals surface area contributed by atoms with Gasteiger partial charge in [0.2, 0.25) is 5.91 Å². The van der Waals surface area contributed by atoms with E-state index in [-0.39, 0.29) is 11.8 Å². The number of fused-ring (bicyclic) bond motifs is 1. The molecule has 1 aliphatic rings. The van der Waals surface area contributed by atoms with Crippen LogP contribution in [0.1, 0.15) is 34.1 Å². The quantitative estimate of drug-likeness (QED) is 0.498. The highest BCUT2D eigenvalue weighted by Gasteiger charge is 2.29. The van der Waals surface area contributed by atoms with Gasteiger partial charge in [-0.15, -0.1) is 11.8 Å². The smallest absolute Gasteiger partial charge is 0.256 e. The zero-order valence-electron chi connectivity index (χ0n) is 19.5. The number of hydrogen-bond acceptors (Lipinski definition) is 5. The summed E-state index contributed by atoms with van der Waals surface area (Å²) in [5.74, 6) is 0.308. The first-order valence-corrected chi connectivity index (χ1v) is 12.3. The van der Waals surface area contributed by atoms with Crippen LogP contribution in [0.4, 0.5) is 0 Å². The number of carbonyl (C=O) groups is 2. The number of benzene rings is 2. The van der Waals surface area contributed by atoms with Crippen LogP contribution in [-0.2, 0) is 33.8 Å². The van der Waals surface area contributed by atoms with Crippen LogP contribution in [0.5, 0.6) is 0 Å². The number of nitrogens with zero attached hydrogens (tertiary/aromatic N) is 2. The predicted molar refractivity (Wildman–Crippen MR) is 133 cm³/mol. The second-order valence-corrected chi connectivity index (χ2v) is 9.29. The summed E-state index contributed by atoms with van der Waals surface area (Å²) in [6.45, 7) is 3.49. The van der Waals surface area contributed by atoms with E-state index in [1.165, 1.54) is 17.3 Å². The van der Waals surface area contributed by atoms with Gasteiger partial charge in [0.25, 0.3) is 5.91 Å². The van der Waals surface area contributed by atoms with Crippen LogP contribution in [0, 0.1) is 6.92 Å². The number of thioether (sulfide) groups is 1. The molecule has 0 fully saturated rings. The lowest BCUT2D eigenvalue weighted by atomic mass is 9.94. The zero-order chi connectivity index (χ0) is 23.9. The lowest BCUT2D eigenvalue weighted by Crippen LogP contribution is -2.40. The highest BCUT2D eigenvalue weighted by molar-refractivity contribution is 8.00. The number of ether oxygens (including phenoxy) is 1. The third-order valence-corrected chi connectivity index (χ3v) is 7.06. The van der Waals surface area contributed by atoms with Gasteiger partial charge in [-0.1, -0.05) is 48.5 Å². The maximum atomic E-state index is 13.2. The number of aryl methyl sites for hydroxylation is 1. The Morgan fingerprint density at radius 1 is 1.12 bits per heavy atom. The molecule has 34 heavy (non-hydrogen) atoms. The van der Waals surface area contributed by atoms with E-state index in [9.17, 15) is 9.59 Å². The fourth-order valence-electron chi connectivity index (χ4n) is 4.22. The maximum absolute atomic E-state index is 13.2. The molecule has 0 saturated carbocycles. The van der Waals surface area contributed by atoms with Gasteiger partial charge in [-0.25, -0.2) is 0 Å². The number of hydrogen-bond donors (Lipinski definition) is 1. The topological polar surface area (TPSA) is 71.5 Å². The Bertz CT molecular complexity index is 1140. The average molecular weight is 476 g/mol. The Labute approximate surface area is 204 Å². The largest absolute Gasteiger partial charge is 0.367 e. The summed E-state index contributed by atoms with van der Waals surface area (Å²) in [5.41, 5.74) is 5.01. The van der Waals surface area contributed by atoms with Gasteiger partial charge in [-0.3, -0.25) is 14.6 Å². The standard InChI is InChI=1S/C27H29N3O3S/c1-19-24(16-29-25(31)18-34-22-11-7-4-8-12-22)23-13-14-30(17-21(23)15-28-19)27(32)26(33-2)20-9-5-3-6-10-20/h3-12,15,26H,13-14,16-18H2,1-2H3,(H,29,31)/t26-/m1/s1. The highest BCUT2D eigenvalue weighted by atomic mass is 32.2. The van der Waals surface area contributed by atoms with Crippen LogP contribution < -0.4 is 5.32 Å². The van der Waals surface area contributed by atoms with E-state index in [4.69, 9.17) is 4.74 Å². The lowest BCUT2D eigenvalue weighted by molar-refractivity contribution is -0.143. The molecule has 6 nitrogen and oxygen atoms in total. The molecule has 7 heteroatoms. The Morgan fingerprint density at radius 2 is 1.82 bits per heavy atom. The van der Waals surface area contributed by atoms with Crippen molar-refractivity contribution < 1.29 is 14.3 Å². The number of methoxy groups -OCH3 is 1. The van der Waals surface area contributed by atoms with Gasteiger partial charge in [-0.05, 0) is 47.7 Å². The summed E-state index contributed by atoms with van der Waals surface area (Å²) < 4.78 is 5.55. The molecule has 1 aromatic heterocycles. The first kappa shape index (κ1) is 24.0. The van der Waals surface area contributed by atoms with Gasteiger partial charge < -0.3 is 15.0 Å². The van der Waals surface area contributed by atoms with Crippen molar-refractivity contribution in [2.45, 2.75) is 37.4 Å². The van der Waals surface area contributed by atoms with Crippen molar-refractivity contribution in [3.8, 4) is 0 Å². The lowest BCUT2D eigenvalue weighted by Gasteiger charge is -2.32. The molecule has 0 bridgehead atoms. The molecule has 2 amide bonds. The predicted octanol–water partition coefficient (Wildman–Crippen LogP) is 4.07. The Morgan fingerprint density at radius 3 is 2.53 bits per heavy atom. The van der Waals surface area contributed by atoms with Gasteiger partial charge in [0, 0.05) is 43.5 Å². The fraction of sp³-hybridized carbons (Fsp3) is 0.296. The molecule has 0 aliphatic carbocycles. The first-order chi connectivity index (χ1) is 16.6. The molecule has 1 N–H and O–H groups in total. The van der Waals surface area contributed by atoms with Gasteiger partial charge in [0.15, 0.2) is 6.10 Å². The van der Waals surface area contributed by atoms with Gasteiger partial charge in [0.1, 0.15) is 0 Å². The third-order valence-electron chi connectivity index (χ3n) is 6.05. The van der Waals surface area contributed by atoms with Crippen molar-refractivity contribution in [1.82, 2.24) is 15.2 Å². The normalized spacial score (nSPS) is 13.8. The van der Waals surface area contributed by atoms with E-state index < -0.39 is 6.10 Å². The van der Waals surface area contributed by atoms with Gasteiger partial charge in [-0.2, -0.15) is 0 Å². The third kappa shape index (κ3) is 5.66.